The molecule has 0 bridgehead atoms. The lowest BCUT2D eigenvalue weighted by molar-refractivity contribution is 0.0956. The molecule has 1 aromatic carbocycles. The molecule has 0 radical (unpaired) electrons. The van der Waals surface area contributed by atoms with Crippen LogP contribution in [0.15, 0.2) is 41.8 Å². The fourth-order valence-corrected chi connectivity index (χ4v) is 2.84. The van der Waals surface area contributed by atoms with E-state index in [1.807, 2.05) is 11.4 Å². The molecule has 0 aliphatic rings. The number of carbonyl (C=O) groups is 1. The third-order valence-electron chi connectivity index (χ3n) is 3.20. The number of nitrogens with two attached hydrogens (primary N) is 1. The lowest BCUT2D eigenvalue weighted by atomic mass is 10.2. The summed E-state index contributed by atoms with van der Waals surface area (Å²) in [4.78, 5) is 14.7. The van der Waals surface area contributed by atoms with Crippen LogP contribution in [0.1, 0.15) is 21.7 Å². The largest absolute Gasteiger partial charge is 0.397 e. The zero-order valence-electron chi connectivity index (χ0n) is 12.2. The molecule has 1 aromatic heterocycles. The van der Waals surface area contributed by atoms with Gasteiger partial charge in [-0.15, -0.1) is 11.3 Å². The van der Waals surface area contributed by atoms with Gasteiger partial charge in [-0.1, -0.05) is 30.3 Å². The Morgan fingerprint density at radius 3 is 2.71 bits per heavy atom. The standard InChI is InChI=1S/C16H21N3OS/c1-19(12-13-6-3-2-4-7-13)10-5-9-18-16(20)15-14(17)8-11-21-15/h2-4,6-8,11H,5,9-10,12,17H2,1H3,(H,18,20). The molecular formula is C16H21N3OS. The highest BCUT2D eigenvalue weighted by atomic mass is 32.1. The van der Waals surface area contributed by atoms with E-state index in [2.05, 4.69) is 41.5 Å². The highest BCUT2D eigenvalue weighted by Gasteiger charge is 2.10. The van der Waals surface area contributed by atoms with Gasteiger partial charge in [0.1, 0.15) is 4.88 Å². The lowest BCUT2D eigenvalue weighted by Gasteiger charge is -2.16. The Bertz CT molecular complexity index is 568. The number of nitrogens with zero attached hydrogens (tertiary/aromatic N) is 1. The van der Waals surface area contributed by atoms with Crippen molar-refractivity contribution in [2.75, 3.05) is 25.9 Å². The molecular weight excluding hydrogens is 282 g/mol. The molecule has 2 rings (SSSR count). The molecule has 1 heterocycles. The Morgan fingerprint density at radius 1 is 1.29 bits per heavy atom. The summed E-state index contributed by atoms with van der Waals surface area (Å²) in [7, 11) is 2.09. The second-order valence-corrected chi connectivity index (χ2v) is 5.95. The third-order valence-corrected chi connectivity index (χ3v) is 4.13. The number of hydrogen-bond acceptors (Lipinski definition) is 4. The molecule has 2 aromatic rings. The molecule has 0 fully saturated rings. The molecule has 0 spiro atoms. The van der Waals surface area contributed by atoms with Gasteiger partial charge in [-0.2, -0.15) is 0 Å². The lowest BCUT2D eigenvalue weighted by Crippen LogP contribution is -2.28. The summed E-state index contributed by atoms with van der Waals surface area (Å²) in [5.74, 6) is -0.0757. The van der Waals surface area contributed by atoms with Crippen LogP contribution in [0.4, 0.5) is 5.69 Å². The van der Waals surface area contributed by atoms with Crippen molar-refractivity contribution in [1.29, 1.82) is 0 Å². The van der Waals surface area contributed by atoms with Crippen LogP contribution in [0.5, 0.6) is 0 Å². The monoisotopic (exact) mass is 303 g/mol. The van der Waals surface area contributed by atoms with E-state index in [1.165, 1.54) is 16.9 Å². The third kappa shape index (κ3) is 4.88. The predicted octanol–water partition coefficient (Wildman–Crippen LogP) is 2.58. The van der Waals surface area contributed by atoms with Gasteiger partial charge in [-0.25, -0.2) is 0 Å². The summed E-state index contributed by atoms with van der Waals surface area (Å²) < 4.78 is 0. The van der Waals surface area contributed by atoms with Crippen molar-refractivity contribution in [2.24, 2.45) is 0 Å². The number of rotatable bonds is 7. The van der Waals surface area contributed by atoms with Gasteiger partial charge in [0.2, 0.25) is 0 Å². The Balaban J connectivity index is 1.65. The fourth-order valence-electron chi connectivity index (χ4n) is 2.11. The van der Waals surface area contributed by atoms with Gasteiger partial charge in [-0.3, -0.25) is 4.79 Å². The zero-order chi connectivity index (χ0) is 15.1. The minimum atomic E-state index is -0.0757. The Kier molecular flexibility index (Phi) is 5.78. The van der Waals surface area contributed by atoms with Gasteiger partial charge in [0, 0.05) is 13.1 Å². The Labute approximate surface area is 129 Å². The summed E-state index contributed by atoms with van der Waals surface area (Å²) in [5, 5.41) is 4.74. The zero-order valence-corrected chi connectivity index (χ0v) is 13.0. The van der Waals surface area contributed by atoms with E-state index in [9.17, 15) is 4.79 Å². The van der Waals surface area contributed by atoms with E-state index in [-0.39, 0.29) is 5.91 Å². The maximum Gasteiger partial charge on any atom is 0.263 e. The van der Waals surface area contributed by atoms with E-state index >= 15 is 0 Å². The average molecular weight is 303 g/mol. The summed E-state index contributed by atoms with van der Waals surface area (Å²) in [6, 6.07) is 12.1. The van der Waals surface area contributed by atoms with Gasteiger partial charge < -0.3 is 16.0 Å². The number of anilines is 1. The second-order valence-electron chi connectivity index (χ2n) is 5.04. The summed E-state index contributed by atoms with van der Waals surface area (Å²) in [5.41, 5.74) is 7.58. The van der Waals surface area contributed by atoms with Crippen LogP contribution in [-0.2, 0) is 6.54 Å². The molecule has 5 heteroatoms. The number of hydrogen-bond donors (Lipinski definition) is 2. The van der Waals surface area contributed by atoms with Crippen LogP contribution in [0.2, 0.25) is 0 Å². The van der Waals surface area contributed by atoms with Gasteiger partial charge in [0.25, 0.3) is 5.91 Å². The summed E-state index contributed by atoms with van der Waals surface area (Å²) in [6.07, 6.45) is 0.917. The van der Waals surface area contributed by atoms with Crippen molar-refractivity contribution in [1.82, 2.24) is 10.2 Å². The smallest absolute Gasteiger partial charge is 0.263 e. The Hall–Kier alpha value is -1.85. The van der Waals surface area contributed by atoms with Crippen LogP contribution in [0, 0.1) is 0 Å². The molecule has 0 atom stereocenters. The van der Waals surface area contributed by atoms with Crippen molar-refractivity contribution in [2.45, 2.75) is 13.0 Å². The predicted molar refractivity (Wildman–Crippen MR) is 88.5 cm³/mol. The molecule has 0 saturated heterocycles. The number of nitrogen functional groups attached to an aromatic ring is 1. The minimum absolute atomic E-state index is 0.0757. The highest BCUT2D eigenvalue weighted by Crippen LogP contribution is 2.18. The molecule has 1 amide bonds. The first-order valence-corrected chi connectivity index (χ1v) is 7.88. The maximum atomic E-state index is 11.9. The molecule has 0 aliphatic carbocycles. The Morgan fingerprint density at radius 2 is 2.05 bits per heavy atom. The fraction of sp³-hybridized carbons (Fsp3) is 0.312. The van der Waals surface area contributed by atoms with E-state index < -0.39 is 0 Å². The van der Waals surface area contributed by atoms with Crippen molar-refractivity contribution in [3.8, 4) is 0 Å². The first-order valence-electron chi connectivity index (χ1n) is 7.00. The van der Waals surface area contributed by atoms with Crippen LogP contribution < -0.4 is 11.1 Å². The number of carbonyl (C=O) groups excluding carboxylic acids is 1. The van der Waals surface area contributed by atoms with Crippen molar-refractivity contribution in [3.05, 3.63) is 52.2 Å². The van der Waals surface area contributed by atoms with Crippen molar-refractivity contribution >= 4 is 22.9 Å². The van der Waals surface area contributed by atoms with Gasteiger partial charge in [-0.05, 0) is 37.0 Å². The number of benzene rings is 1. The van der Waals surface area contributed by atoms with Crippen molar-refractivity contribution in [3.63, 3.8) is 0 Å². The van der Waals surface area contributed by atoms with E-state index in [0.717, 1.165) is 19.5 Å². The van der Waals surface area contributed by atoms with E-state index in [1.54, 1.807) is 6.07 Å². The molecule has 21 heavy (non-hydrogen) atoms. The number of thiophene rings is 1. The van der Waals surface area contributed by atoms with Gasteiger partial charge >= 0.3 is 0 Å². The van der Waals surface area contributed by atoms with E-state index in [0.29, 0.717) is 17.1 Å². The number of nitrogens with one attached hydrogen (secondary N) is 1. The second kappa shape index (κ2) is 7.81. The van der Waals surface area contributed by atoms with Crippen LogP contribution in [-0.4, -0.2) is 30.9 Å². The maximum absolute atomic E-state index is 11.9. The number of amides is 1. The van der Waals surface area contributed by atoms with Crippen LogP contribution >= 0.6 is 11.3 Å². The van der Waals surface area contributed by atoms with Gasteiger partial charge in [0.05, 0.1) is 5.69 Å². The molecule has 4 nitrogen and oxygen atoms in total. The van der Waals surface area contributed by atoms with Crippen LogP contribution in [0.3, 0.4) is 0 Å². The highest BCUT2D eigenvalue weighted by molar-refractivity contribution is 7.12. The molecule has 3 N–H and O–H groups in total. The molecule has 0 saturated carbocycles. The van der Waals surface area contributed by atoms with Crippen molar-refractivity contribution < 1.29 is 4.79 Å². The molecule has 0 aliphatic heterocycles. The normalized spacial score (nSPS) is 10.8. The topological polar surface area (TPSA) is 58.4 Å². The minimum Gasteiger partial charge on any atom is -0.397 e. The summed E-state index contributed by atoms with van der Waals surface area (Å²) >= 11 is 1.38. The molecule has 0 unspecified atom stereocenters. The van der Waals surface area contributed by atoms with E-state index in [4.69, 9.17) is 5.73 Å². The van der Waals surface area contributed by atoms with Gasteiger partial charge in [0.15, 0.2) is 0 Å². The first-order chi connectivity index (χ1) is 10.2. The average Bonchev–Trinajstić information content (AvgIpc) is 2.91. The summed E-state index contributed by atoms with van der Waals surface area (Å²) in [6.45, 7) is 2.52. The molecule has 112 valence electrons. The first kappa shape index (κ1) is 15.5. The quantitative estimate of drug-likeness (QED) is 0.773. The van der Waals surface area contributed by atoms with Crippen LogP contribution in [0.25, 0.3) is 0 Å². The SMILES string of the molecule is CN(CCCNC(=O)c1sccc1N)Cc1ccccc1.